The van der Waals surface area contributed by atoms with Gasteiger partial charge in [0.1, 0.15) is 0 Å². The van der Waals surface area contributed by atoms with Crippen molar-refractivity contribution >= 4 is 0 Å². The highest BCUT2D eigenvalue weighted by Crippen LogP contribution is 2.33. The lowest BCUT2D eigenvalue weighted by molar-refractivity contribution is 0.288. The summed E-state index contributed by atoms with van der Waals surface area (Å²) in [5.41, 5.74) is 3.76. The molecular weight excluding hydrogens is 380 g/mol. The van der Waals surface area contributed by atoms with Crippen molar-refractivity contribution in [2.24, 2.45) is 0 Å². The third-order valence-corrected chi connectivity index (χ3v) is 4.65. The number of aryl methyl sites for hydroxylation is 1. The summed E-state index contributed by atoms with van der Waals surface area (Å²) in [5, 5.41) is 8.53. The molecule has 0 atom stereocenters. The van der Waals surface area contributed by atoms with Crippen LogP contribution in [0.25, 0.3) is 34.1 Å². The van der Waals surface area contributed by atoms with Gasteiger partial charge in [0, 0.05) is 29.4 Å². The first kappa shape index (κ1) is 19.7. The molecular formula is C23H24N4O3. The number of nitrogens with zero attached hydrogens (tertiary/aromatic N) is 4. The molecule has 0 unspecified atom stereocenters. The first-order chi connectivity index (χ1) is 14.7. The Kier molecular flexibility index (Phi) is 5.79. The van der Waals surface area contributed by atoms with Crippen LogP contribution in [-0.4, -0.2) is 33.1 Å². The highest BCUT2D eigenvalue weighted by atomic mass is 16.5. The van der Waals surface area contributed by atoms with Gasteiger partial charge < -0.3 is 14.0 Å². The van der Waals surface area contributed by atoms with Crippen LogP contribution >= 0.6 is 0 Å². The summed E-state index contributed by atoms with van der Waals surface area (Å²) in [6.45, 7) is 7.86. The number of hydrogen-bond donors (Lipinski definition) is 0. The average Bonchev–Trinajstić information content (AvgIpc) is 3.45. The number of hydrogen-bond acceptors (Lipinski definition) is 6. The zero-order chi connectivity index (χ0) is 20.9. The second-order valence-electron chi connectivity index (χ2n) is 6.56. The molecule has 0 amide bonds. The van der Waals surface area contributed by atoms with E-state index in [0.717, 1.165) is 28.9 Å². The lowest BCUT2D eigenvalue weighted by atomic mass is 10.1. The molecule has 0 aliphatic heterocycles. The average molecular weight is 404 g/mol. The van der Waals surface area contributed by atoms with Gasteiger partial charge in [-0.15, -0.1) is 0 Å². The summed E-state index contributed by atoms with van der Waals surface area (Å²) in [6, 6.07) is 15.7. The van der Waals surface area contributed by atoms with Gasteiger partial charge in [-0.3, -0.25) is 4.68 Å². The molecule has 154 valence electrons. The van der Waals surface area contributed by atoms with Crippen molar-refractivity contribution in [3.8, 4) is 45.6 Å². The number of ether oxygens (including phenoxy) is 2. The third kappa shape index (κ3) is 3.91. The predicted molar refractivity (Wildman–Crippen MR) is 114 cm³/mol. The molecule has 4 rings (SSSR count). The van der Waals surface area contributed by atoms with Crippen LogP contribution in [-0.2, 0) is 6.54 Å². The molecule has 0 saturated carbocycles. The Morgan fingerprint density at radius 1 is 0.867 bits per heavy atom. The minimum atomic E-state index is 0.429. The minimum Gasteiger partial charge on any atom is -0.490 e. The van der Waals surface area contributed by atoms with Crippen molar-refractivity contribution in [3.63, 3.8) is 0 Å². The molecule has 0 aliphatic rings. The topological polar surface area (TPSA) is 75.2 Å². The zero-order valence-corrected chi connectivity index (χ0v) is 17.3. The van der Waals surface area contributed by atoms with Gasteiger partial charge in [-0.25, -0.2) is 0 Å². The van der Waals surface area contributed by atoms with Crippen LogP contribution in [0.3, 0.4) is 0 Å². The fourth-order valence-electron chi connectivity index (χ4n) is 3.29. The number of aromatic nitrogens is 4. The Morgan fingerprint density at radius 3 is 2.47 bits per heavy atom. The maximum absolute atomic E-state index is 5.70. The maximum Gasteiger partial charge on any atom is 0.258 e. The SMILES string of the molecule is CCOc1ccc(-c2nc(-c3cccc(-c4ccnn4CC)c3)no2)cc1OCC. The predicted octanol–water partition coefficient (Wildman–Crippen LogP) is 5.08. The maximum atomic E-state index is 5.70. The van der Waals surface area contributed by atoms with E-state index in [9.17, 15) is 0 Å². The lowest BCUT2D eigenvalue weighted by Gasteiger charge is -2.11. The molecule has 0 bridgehead atoms. The smallest absolute Gasteiger partial charge is 0.258 e. The van der Waals surface area contributed by atoms with E-state index in [2.05, 4.69) is 28.2 Å². The highest BCUT2D eigenvalue weighted by Gasteiger charge is 2.15. The van der Waals surface area contributed by atoms with E-state index in [1.165, 1.54) is 0 Å². The Balaban J connectivity index is 1.65. The van der Waals surface area contributed by atoms with Crippen molar-refractivity contribution in [3.05, 3.63) is 54.7 Å². The molecule has 7 nitrogen and oxygen atoms in total. The molecule has 7 heteroatoms. The van der Waals surface area contributed by atoms with E-state index in [1.54, 1.807) is 6.20 Å². The van der Waals surface area contributed by atoms with Crippen LogP contribution in [0.15, 0.2) is 59.3 Å². The van der Waals surface area contributed by atoms with Crippen molar-refractivity contribution in [1.82, 2.24) is 19.9 Å². The molecule has 2 aromatic heterocycles. The molecule has 0 fully saturated rings. The normalized spacial score (nSPS) is 10.9. The third-order valence-electron chi connectivity index (χ3n) is 4.65. The Bertz CT molecular complexity index is 1130. The van der Waals surface area contributed by atoms with E-state index in [0.29, 0.717) is 36.4 Å². The molecule has 30 heavy (non-hydrogen) atoms. The second-order valence-corrected chi connectivity index (χ2v) is 6.56. The van der Waals surface area contributed by atoms with Gasteiger partial charge in [0.25, 0.3) is 5.89 Å². The largest absolute Gasteiger partial charge is 0.490 e. The van der Waals surface area contributed by atoms with E-state index >= 15 is 0 Å². The van der Waals surface area contributed by atoms with Crippen LogP contribution in [0.1, 0.15) is 20.8 Å². The quantitative estimate of drug-likeness (QED) is 0.407. The van der Waals surface area contributed by atoms with Crippen molar-refractivity contribution in [2.75, 3.05) is 13.2 Å². The highest BCUT2D eigenvalue weighted by molar-refractivity contribution is 5.69. The van der Waals surface area contributed by atoms with Crippen LogP contribution in [0, 0.1) is 0 Å². The molecule has 0 N–H and O–H groups in total. The van der Waals surface area contributed by atoms with Gasteiger partial charge in [-0.2, -0.15) is 10.1 Å². The van der Waals surface area contributed by atoms with Crippen molar-refractivity contribution in [1.29, 1.82) is 0 Å². The van der Waals surface area contributed by atoms with Crippen LogP contribution in [0.2, 0.25) is 0 Å². The van der Waals surface area contributed by atoms with Crippen molar-refractivity contribution in [2.45, 2.75) is 27.3 Å². The van der Waals surface area contributed by atoms with E-state index in [-0.39, 0.29) is 0 Å². The fraction of sp³-hybridized carbons (Fsp3) is 0.261. The number of benzene rings is 2. The summed E-state index contributed by atoms with van der Waals surface area (Å²) in [5.74, 6) is 2.31. The summed E-state index contributed by atoms with van der Waals surface area (Å²) in [4.78, 5) is 4.60. The van der Waals surface area contributed by atoms with Gasteiger partial charge in [0.05, 0.1) is 18.9 Å². The summed E-state index contributed by atoms with van der Waals surface area (Å²) in [7, 11) is 0. The molecule has 0 spiro atoms. The van der Waals surface area contributed by atoms with Crippen LogP contribution < -0.4 is 9.47 Å². The second kappa shape index (κ2) is 8.82. The Hall–Kier alpha value is -3.61. The summed E-state index contributed by atoms with van der Waals surface area (Å²) < 4.78 is 18.8. The van der Waals surface area contributed by atoms with Gasteiger partial charge in [0.2, 0.25) is 5.82 Å². The zero-order valence-electron chi connectivity index (χ0n) is 17.3. The van der Waals surface area contributed by atoms with E-state index < -0.39 is 0 Å². The standard InChI is InChI=1S/C23H24N4O3/c1-4-27-19(12-13-24-27)16-8-7-9-17(14-16)22-25-23(30-26-22)18-10-11-20(28-5-2)21(15-18)29-6-3/h7-15H,4-6H2,1-3H3. The first-order valence-electron chi connectivity index (χ1n) is 10.1. The Morgan fingerprint density at radius 2 is 1.67 bits per heavy atom. The van der Waals surface area contributed by atoms with E-state index in [4.69, 9.17) is 14.0 Å². The molecule has 0 saturated heterocycles. The van der Waals surface area contributed by atoms with Crippen molar-refractivity contribution < 1.29 is 14.0 Å². The molecule has 2 aromatic carbocycles. The molecule has 0 aliphatic carbocycles. The minimum absolute atomic E-state index is 0.429. The fourth-order valence-corrected chi connectivity index (χ4v) is 3.29. The first-order valence-corrected chi connectivity index (χ1v) is 10.1. The van der Waals surface area contributed by atoms with Gasteiger partial charge in [0.15, 0.2) is 11.5 Å². The van der Waals surface area contributed by atoms with Crippen LogP contribution in [0.4, 0.5) is 0 Å². The monoisotopic (exact) mass is 404 g/mol. The van der Waals surface area contributed by atoms with Crippen LogP contribution in [0.5, 0.6) is 11.5 Å². The summed E-state index contributed by atoms with van der Waals surface area (Å²) >= 11 is 0. The lowest BCUT2D eigenvalue weighted by Crippen LogP contribution is -1.98. The van der Waals surface area contributed by atoms with Gasteiger partial charge >= 0.3 is 0 Å². The molecule has 4 aromatic rings. The van der Waals surface area contributed by atoms with Gasteiger partial charge in [-0.05, 0) is 51.1 Å². The van der Waals surface area contributed by atoms with Gasteiger partial charge in [-0.1, -0.05) is 23.4 Å². The molecule has 2 heterocycles. The summed E-state index contributed by atoms with van der Waals surface area (Å²) in [6.07, 6.45) is 1.81. The van der Waals surface area contributed by atoms with E-state index in [1.807, 2.05) is 61.0 Å². The number of rotatable bonds is 8. The Labute approximate surface area is 175 Å². The molecule has 0 radical (unpaired) electrons.